The highest BCUT2D eigenvalue weighted by molar-refractivity contribution is 5.49. The van der Waals surface area contributed by atoms with Crippen molar-refractivity contribution >= 4 is 5.69 Å². The molecule has 4 heteroatoms. The maximum absolute atomic E-state index is 13.9. The van der Waals surface area contributed by atoms with Gasteiger partial charge in [0, 0.05) is 13.6 Å². The molecule has 21 heavy (non-hydrogen) atoms. The first-order chi connectivity index (χ1) is 10.2. The molecule has 0 aromatic heterocycles. The Bertz CT molecular complexity index is 571. The van der Waals surface area contributed by atoms with Crippen molar-refractivity contribution in [2.75, 3.05) is 25.1 Å². The SMILES string of the molecule is CCOc1ccc(C(CN)N(C)c2ccccc2F)cc1. The van der Waals surface area contributed by atoms with E-state index in [1.54, 1.807) is 12.1 Å². The average molecular weight is 288 g/mol. The number of ether oxygens (including phenoxy) is 1. The van der Waals surface area contributed by atoms with Crippen LogP contribution in [0.1, 0.15) is 18.5 Å². The van der Waals surface area contributed by atoms with Crippen LogP contribution in [0, 0.1) is 5.82 Å². The summed E-state index contributed by atoms with van der Waals surface area (Å²) < 4.78 is 19.3. The summed E-state index contributed by atoms with van der Waals surface area (Å²) in [7, 11) is 1.85. The molecule has 0 aliphatic heterocycles. The topological polar surface area (TPSA) is 38.5 Å². The summed E-state index contributed by atoms with van der Waals surface area (Å²) in [6.07, 6.45) is 0. The molecule has 0 heterocycles. The number of anilines is 1. The number of benzene rings is 2. The predicted octanol–water partition coefficient (Wildman–Crippen LogP) is 3.36. The normalized spacial score (nSPS) is 12.0. The third-order valence-electron chi connectivity index (χ3n) is 3.50. The Morgan fingerprint density at radius 2 is 1.81 bits per heavy atom. The van der Waals surface area contributed by atoms with Gasteiger partial charge in [-0.05, 0) is 36.8 Å². The lowest BCUT2D eigenvalue weighted by atomic mass is 10.0. The van der Waals surface area contributed by atoms with E-state index in [-0.39, 0.29) is 11.9 Å². The van der Waals surface area contributed by atoms with Crippen molar-refractivity contribution in [3.63, 3.8) is 0 Å². The molecule has 2 aromatic carbocycles. The van der Waals surface area contributed by atoms with E-state index in [1.165, 1.54) is 6.07 Å². The molecule has 2 aromatic rings. The molecule has 0 aliphatic rings. The van der Waals surface area contributed by atoms with Gasteiger partial charge in [0.2, 0.25) is 0 Å². The van der Waals surface area contributed by atoms with Crippen molar-refractivity contribution in [2.45, 2.75) is 13.0 Å². The Kier molecular flexibility index (Phi) is 5.17. The van der Waals surface area contributed by atoms with Gasteiger partial charge in [-0.3, -0.25) is 0 Å². The fourth-order valence-corrected chi connectivity index (χ4v) is 2.38. The maximum atomic E-state index is 13.9. The zero-order valence-corrected chi connectivity index (χ0v) is 12.4. The average Bonchev–Trinajstić information content (AvgIpc) is 2.50. The fraction of sp³-hybridized carbons (Fsp3) is 0.294. The number of rotatable bonds is 6. The highest BCUT2D eigenvalue weighted by Crippen LogP contribution is 2.28. The second kappa shape index (κ2) is 7.09. The quantitative estimate of drug-likeness (QED) is 0.886. The number of hydrogen-bond acceptors (Lipinski definition) is 3. The second-order valence-electron chi connectivity index (χ2n) is 4.82. The third kappa shape index (κ3) is 3.52. The lowest BCUT2D eigenvalue weighted by molar-refractivity contribution is 0.340. The minimum Gasteiger partial charge on any atom is -0.494 e. The van der Waals surface area contributed by atoms with E-state index in [0.29, 0.717) is 18.8 Å². The van der Waals surface area contributed by atoms with E-state index in [4.69, 9.17) is 10.5 Å². The Labute approximate surface area is 125 Å². The summed E-state index contributed by atoms with van der Waals surface area (Å²) in [5.74, 6) is 0.579. The van der Waals surface area contributed by atoms with Gasteiger partial charge in [-0.2, -0.15) is 0 Å². The van der Waals surface area contributed by atoms with Crippen molar-refractivity contribution in [3.05, 3.63) is 59.9 Å². The smallest absolute Gasteiger partial charge is 0.146 e. The van der Waals surface area contributed by atoms with Crippen molar-refractivity contribution in [3.8, 4) is 5.75 Å². The zero-order chi connectivity index (χ0) is 15.2. The van der Waals surface area contributed by atoms with E-state index >= 15 is 0 Å². The van der Waals surface area contributed by atoms with E-state index < -0.39 is 0 Å². The Hall–Kier alpha value is -2.07. The molecule has 0 fully saturated rings. The first-order valence-electron chi connectivity index (χ1n) is 7.07. The van der Waals surface area contributed by atoms with Crippen LogP contribution in [0.4, 0.5) is 10.1 Å². The first-order valence-corrected chi connectivity index (χ1v) is 7.07. The van der Waals surface area contributed by atoms with Gasteiger partial charge >= 0.3 is 0 Å². The summed E-state index contributed by atoms with van der Waals surface area (Å²) in [5, 5.41) is 0. The standard InChI is InChI=1S/C17H21FN2O/c1-3-21-14-10-8-13(9-11-14)17(12-19)20(2)16-7-5-4-6-15(16)18/h4-11,17H,3,12,19H2,1-2H3. The van der Waals surface area contributed by atoms with Gasteiger partial charge in [-0.15, -0.1) is 0 Å². The van der Waals surface area contributed by atoms with Crippen molar-refractivity contribution in [2.24, 2.45) is 5.73 Å². The molecule has 0 aliphatic carbocycles. The summed E-state index contributed by atoms with van der Waals surface area (Å²) in [5.41, 5.74) is 7.47. The molecule has 1 atom stereocenters. The molecule has 0 saturated heterocycles. The lowest BCUT2D eigenvalue weighted by Crippen LogP contribution is -2.31. The number of nitrogens with two attached hydrogens (primary N) is 1. The number of halogens is 1. The highest BCUT2D eigenvalue weighted by atomic mass is 19.1. The molecule has 0 radical (unpaired) electrons. The molecule has 1 unspecified atom stereocenters. The molecule has 3 nitrogen and oxygen atoms in total. The maximum Gasteiger partial charge on any atom is 0.146 e. The first kappa shape index (κ1) is 15.3. The molecule has 2 N–H and O–H groups in total. The summed E-state index contributed by atoms with van der Waals surface area (Å²) >= 11 is 0. The van der Waals surface area contributed by atoms with E-state index in [9.17, 15) is 4.39 Å². The van der Waals surface area contributed by atoms with Crippen LogP contribution in [0.5, 0.6) is 5.75 Å². The van der Waals surface area contributed by atoms with E-state index in [2.05, 4.69) is 0 Å². The van der Waals surface area contributed by atoms with Crippen LogP contribution in [0.3, 0.4) is 0 Å². The molecule has 0 amide bonds. The van der Waals surface area contributed by atoms with Crippen molar-refractivity contribution in [1.29, 1.82) is 0 Å². The zero-order valence-electron chi connectivity index (χ0n) is 12.4. The van der Waals surface area contributed by atoms with Gasteiger partial charge in [0.1, 0.15) is 11.6 Å². The fourth-order valence-electron chi connectivity index (χ4n) is 2.38. The minimum absolute atomic E-state index is 0.0856. The van der Waals surface area contributed by atoms with Gasteiger partial charge in [-0.25, -0.2) is 4.39 Å². The molecular weight excluding hydrogens is 267 g/mol. The molecule has 0 spiro atoms. The number of likely N-dealkylation sites (N-methyl/N-ethyl adjacent to an activating group) is 1. The van der Waals surface area contributed by atoms with E-state index in [1.807, 2.05) is 49.2 Å². The molecule has 0 saturated carbocycles. The summed E-state index contributed by atoms with van der Waals surface area (Å²) in [6, 6.07) is 14.4. The van der Waals surface area contributed by atoms with Crippen LogP contribution in [-0.2, 0) is 0 Å². The second-order valence-corrected chi connectivity index (χ2v) is 4.82. The van der Waals surface area contributed by atoms with Crippen LogP contribution < -0.4 is 15.4 Å². The van der Waals surface area contributed by atoms with Crippen molar-refractivity contribution in [1.82, 2.24) is 0 Å². The van der Waals surface area contributed by atoms with Gasteiger partial charge in [0.25, 0.3) is 0 Å². The lowest BCUT2D eigenvalue weighted by Gasteiger charge is -2.29. The predicted molar refractivity (Wildman–Crippen MR) is 84.2 cm³/mol. The molecule has 2 rings (SSSR count). The van der Waals surface area contributed by atoms with Crippen LogP contribution in [0.15, 0.2) is 48.5 Å². The van der Waals surface area contributed by atoms with Crippen LogP contribution >= 0.6 is 0 Å². The summed E-state index contributed by atoms with van der Waals surface area (Å²) in [6.45, 7) is 2.98. The van der Waals surface area contributed by atoms with Gasteiger partial charge in [-0.1, -0.05) is 24.3 Å². The van der Waals surface area contributed by atoms with Gasteiger partial charge in [0.15, 0.2) is 0 Å². The minimum atomic E-state index is -0.246. The largest absolute Gasteiger partial charge is 0.494 e. The molecule has 0 bridgehead atoms. The number of nitrogens with zero attached hydrogens (tertiary/aromatic N) is 1. The number of para-hydroxylation sites is 1. The van der Waals surface area contributed by atoms with Crippen LogP contribution in [-0.4, -0.2) is 20.2 Å². The molecular formula is C17H21FN2O. The Balaban J connectivity index is 2.24. The van der Waals surface area contributed by atoms with Gasteiger partial charge in [0.05, 0.1) is 18.3 Å². The Morgan fingerprint density at radius 3 is 2.38 bits per heavy atom. The van der Waals surface area contributed by atoms with Crippen molar-refractivity contribution < 1.29 is 9.13 Å². The highest BCUT2D eigenvalue weighted by Gasteiger charge is 2.18. The Morgan fingerprint density at radius 1 is 1.14 bits per heavy atom. The van der Waals surface area contributed by atoms with Crippen LogP contribution in [0.25, 0.3) is 0 Å². The van der Waals surface area contributed by atoms with Gasteiger partial charge < -0.3 is 15.4 Å². The van der Waals surface area contributed by atoms with Crippen LogP contribution in [0.2, 0.25) is 0 Å². The monoisotopic (exact) mass is 288 g/mol. The number of hydrogen-bond donors (Lipinski definition) is 1. The van der Waals surface area contributed by atoms with E-state index in [0.717, 1.165) is 11.3 Å². The third-order valence-corrected chi connectivity index (χ3v) is 3.50. The summed E-state index contributed by atoms with van der Waals surface area (Å²) in [4.78, 5) is 1.87. The molecule has 112 valence electrons.